The lowest BCUT2D eigenvalue weighted by atomic mass is 10.2. The van der Waals surface area contributed by atoms with Crippen LogP contribution in [0, 0.1) is 0 Å². The Morgan fingerprint density at radius 2 is 1.80 bits per heavy atom. The maximum absolute atomic E-state index is 3.38. The zero-order chi connectivity index (χ0) is 11.1. The van der Waals surface area contributed by atoms with Gasteiger partial charge in [-0.3, -0.25) is 4.90 Å². The van der Waals surface area contributed by atoms with Crippen LogP contribution >= 0.6 is 0 Å². The van der Waals surface area contributed by atoms with Crippen LogP contribution in [0.15, 0.2) is 0 Å². The van der Waals surface area contributed by atoms with E-state index < -0.39 is 0 Å². The van der Waals surface area contributed by atoms with Crippen molar-refractivity contribution in [3.8, 4) is 0 Å². The molecule has 1 aliphatic rings. The average Bonchev–Trinajstić information content (AvgIpc) is 2.25. The Bertz CT molecular complexity index is 151. The lowest BCUT2D eigenvalue weighted by Gasteiger charge is -2.36. The molecule has 0 aliphatic carbocycles. The Morgan fingerprint density at radius 1 is 1.13 bits per heavy atom. The van der Waals surface area contributed by atoms with Gasteiger partial charge in [-0.15, -0.1) is 0 Å². The number of nitrogens with one attached hydrogen (secondary N) is 1. The molecule has 0 amide bonds. The van der Waals surface area contributed by atoms with E-state index in [1.54, 1.807) is 0 Å². The fourth-order valence-electron chi connectivity index (χ4n) is 2.11. The van der Waals surface area contributed by atoms with Gasteiger partial charge in [0, 0.05) is 32.2 Å². The Morgan fingerprint density at radius 3 is 2.33 bits per heavy atom. The SMILES string of the molecule is CCNCCCN1CCN(C(C)C)CC1. The van der Waals surface area contributed by atoms with E-state index in [4.69, 9.17) is 0 Å². The molecule has 0 aromatic heterocycles. The molecular weight excluding hydrogens is 186 g/mol. The van der Waals surface area contributed by atoms with E-state index in [0.29, 0.717) is 6.04 Å². The standard InChI is InChI=1S/C12H27N3/c1-4-13-6-5-7-14-8-10-15(11-9-14)12(2)3/h12-13H,4-11H2,1-3H3. The summed E-state index contributed by atoms with van der Waals surface area (Å²) in [6.07, 6.45) is 1.29. The Hall–Kier alpha value is -0.120. The minimum atomic E-state index is 0.717. The summed E-state index contributed by atoms with van der Waals surface area (Å²) in [5.74, 6) is 0. The molecule has 15 heavy (non-hydrogen) atoms. The minimum absolute atomic E-state index is 0.717. The van der Waals surface area contributed by atoms with Crippen molar-refractivity contribution in [3.05, 3.63) is 0 Å². The Kier molecular flexibility index (Phi) is 6.22. The quantitative estimate of drug-likeness (QED) is 0.664. The highest BCUT2D eigenvalue weighted by Gasteiger charge is 2.17. The second-order valence-corrected chi connectivity index (χ2v) is 4.68. The van der Waals surface area contributed by atoms with Crippen molar-refractivity contribution in [1.29, 1.82) is 0 Å². The van der Waals surface area contributed by atoms with Crippen molar-refractivity contribution in [1.82, 2.24) is 15.1 Å². The summed E-state index contributed by atoms with van der Waals surface area (Å²) in [5.41, 5.74) is 0. The van der Waals surface area contributed by atoms with E-state index in [9.17, 15) is 0 Å². The third-order valence-corrected chi connectivity index (χ3v) is 3.22. The van der Waals surface area contributed by atoms with Crippen LogP contribution in [0.25, 0.3) is 0 Å². The van der Waals surface area contributed by atoms with Crippen molar-refractivity contribution in [2.45, 2.75) is 33.2 Å². The molecule has 0 spiro atoms. The predicted molar refractivity (Wildman–Crippen MR) is 66.3 cm³/mol. The molecule has 0 atom stereocenters. The summed E-state index contributed by atoms with van der Waals surface area (Å²) < 4.78 is 0. The molecule has 1 rings (SSSR count). The first-order valence-electron chi connectivity index (χ1n) is 6.41. The second-order valence-electron chi connectivity index (χ2n) is 4.68. The molecule has 1 N–H and O–H groups in total. The topological polar surface area (TPSA) is 18.5 Å². The molecule has 1 aliphatic heterocycles. The van der Waals surface area contributed by atoms with Gasteiger partial charge in [0.1, 0.15) is 0 Å². The summed E-state index contributed by atoms with van der Waals surface area (Å²) in [7, 11) is 0. The van der Waals surface area contributed by atoms with Gasteiger partial charge < -0.3 is 10.2 Å². The average molecular weight is 213 g/mol. The summed E-state index contributed by atoms with van der Waals surface area (Å²) in [4.78, 5) is 5.16. The first-order chi connectivity index (χ1) is 7.24. The van der Waals surface area contributed by atoms with Crippen LogP contribution in [0.1, 0.15) is 27.2 Å². The largest absolute Gasteiger partial charge is 0.317 e. The highest BCUT2D eigenvalue weighted by molar-refractivity contribution is 4.74. The molecular formula is C12H27N3. The van der Waals surface area contributed by atoms with Crippen LogP contribution in [-0.4, -0.2) is 61.7 Å². The summed E-state index contributed by atoms with van der Waals surface area (Å²) >= 11 is 0. The van der Waals surface area contributed by atoms with Crippen molar-refractivity contribution >= 4 is 0 Å². The van der Waals surface area contributed by atoms with E-state index in [1.165, 1.54) is 45.7 Å². The molecule has 0 radical (unpaired) electrons. The van der Waals surface area contributed by atoms with E-state index in [1.807, 2.05) is 0 Å². The molecule has 0 aromatic carbocycles. The first-order valence-corrected chi connectivity index (χ1v) is 6.41. The number of hydrogen-bond donors (Lipinski definition) is 1. The van der Waals surface area contributed by atoms with Gasteiger partial charge in [0.2, 0.25) is 0 Å². The molecule has 1 fully saturated rings. The van der Waals surface area contributed by atoms with Crippen LogP contribution in [0.5, 0.6) is 0 Å². The number of hydrogen-bond acceptors (Lipinski definition) is 3. The van der Waals surface area contributed by atoms with E-state index in [0.717, 1.165) is 6.54 Å². The zero-order valence-corrected chi connectivity index (χ0v) is 10.6. The van der Waals surface area contributed by atoms with E-state index >= 15 is 0 Å². The van der Waals surface area contributed by atoms with Crippen molar-refractivity contribution in [2.24, 2.45) is 0 Å². The van der Waals surface area contributed by atoms with Crippen LogP contribution in [0.2, 0.25) is 0 Å². The van der Waals surface area contributed by atoms with Crippen molar-refractivity contribution in [3.63, 3.8) is 0 Å². The molecule has 90 valence electrons. The van der Waals surface area contributed by atoms with E-state index in [-0.39, 0.29) is 0 Å². The number of nitrogens with zero attached hydrogens (tertiary/aromatic N) is 2. The maximum atomic E-state index is 3.38. The molecule has 0 saturated carbocycles. The van der Waals surface area contributed by atoms with Gasteiger partial charge in [0.05, 0.1) is 0 Å². The lowest BCUT2D eigenvalue weighted by Crippen LogP contribution is -2.49. The van der Waals surface area contributed by atoms with Gasteiger partial charge in [-0.1, -0.05) is 6.92 Å². The van der Waals surface area contributed by atoms with Crippen LogP contribution in [-0.2, 0) is 0 Å². The highest BCUT2D eigenvalue weighted by Crippen LogP contribution is 2.05. The van der Waals surface area contributed by atoms with Crippen LogP contribution in [0.4, 0.5) is 0 Å². The first kappa shape index (κ1) is 12.9. The van der Waals surface area contributed by atoms with Gasteiger partial charge in [0.25, 0.3) is 0 Å². The predicted octanol–water partition coefficient (Wildman–Crippen LogP) is 1.01. The number of piperazine rings is 1. The maximum Gasteiger partial charge on any atom is 0.0113 e. The summed E-state index contributed by atoms with van der Waals surface area (Å²) in [5, 5.41) is 3.38. The van der Waals surface area contributed by atoms with Crippen molar-refractivity contribution < 1.29 is 0 Å². The van der Waals surface area contributed by atoms with Crippen LogP contribution < -0.4 is 5.32 Å². The zero-order valence-electron chi connectivity index (χ0n) is 10.6. The van der Waals surface area contributed by atoms with Gasteiger partial charge in [0.15, 0.2) is 0 Å². The third-order valence-electron chi connectivity index (χ3n) is 3.22. The molecule has 1 saturated heterocycles. The Labute approximate surface area is 94.8 Å². The molecule has 0 aromatic rings. The molecule has 3 heteroatoms. The smallest absolute Gasteiger partial charge is 0.0113 e. The van der Waals surface area contributed by atoms with Gasteiger partial charge in [-0.05, 0) is 39.9 Å². The fraction of sp³-hybridized carbons (Fsp3) is 1.00. The van der Waals surface area contributed by atoms with Gasteiger partial charge >= 0.3 is 0 Å². The Balaban J connectivity index is 2.04. The third kappa shape index (κ3) is 4.96. The molecule has 1 heterocycles. The van der Waals surface area contributed by atoms with Crippen molar-refractivity contribution in [2.75, 3.05) is 45.8 Å². The minimum Gasteiger partial charge on any atom is -0.317 e. The van der Waals surface area contributed by atoms with E-state index in [2.05, 4.69) is 35.9 Å². The molecule has 0 bridgehead atoms. The van der Waals surface area contributed by atoms with Gasteiger partial charge in [-0.25, -0.2) is 0 Å². The molecule has 0 unspecified atom stereocenters. The normalized spacial score (nSPS) is 20.0. The summed E-state index contributed by atoms with van der Waals surface area (Å²) in [6, 6.07) is 0.717. The molecule has 3 nitrogen and oxygen atoms in total. The monoisotopic (exact) mass is 213 g/mol. The number of rotatable bonds is 6. The fourth-order valence-corrected chi connectivity index (χ4v) is 2.11. The second kappa shape index (κ2) is 7.20. The van der Waals surface area contributed by atoms with Crippen LogP contribution in [0.3, 0.4) is 0 Å². The van der Waals surface area contributed by atoms with Gasteiger partial charge in [-0.2, -0.15) is 0 Å². The lowest BCUT2D eigenvalue weighted by molar-refractivity contribution is 0.108. The highest BCUT2D eigenvalue weighted by atomic mass is 15.3. The summed E-state index contributed by atoms with van der Waals surface area (Å²) in [6.45, 7) is 15.3.